The van der Waals surface area contributed by atoms with Gasteiger partial charge in [-0.15, -0.1) is 24.0 Å². The van der Waals surface area contributed by atoms with Crippen LogP contribution in [0.2, 0.25) is 0 Å². The molecular formula is C15H29IN4O4S. The van der Waals surface area contributed by atoms with Crippen molar-refractivity contribution >= 4 is 45.9 Å². The summed E-state index contributed by atoms with van der Waals surface area (Å²) in [6.45, 7) is 5.70. The summed E-state index contributed by atoms with van der Waals surface area (Å²) in [6, 6.07) is 0. The summed E-state index contributed by atoms with van der Waals surface area (Å²) in [5.74, 6) is 0.856. The lowest BCUT2D eigenvalue weighted by Gasteiger charge is -2.33. The average molecular weight is 488 g/mol. The van der Waals surface area contributed by atoms with Gasteiger partial charge in [-0.1, -0.05) is 0 Å². The molecule has 0 atom stereocenters. The van der Waals surface area contributed by atoms with Crippen LogP contribution in [-0.4, -0.2) is 81.7 Å². The summed E-state index contributed by atoms with van der Waals surface area (Å²) in [6.07, 6.45) is 2.20. The van der Waals surface area contributed by atoms with Gasteiger partial charge in [-0.05, 0) is 26.2 Å². The van der Waals surface area contributed by atoms with E-state index in [9.17, 15) is 13.2 Å². The van der Waals surface area contributed by atoms with Crippen LogP contribution in [0.15, 0.2) is 4.99 Å². The summed E-state index contributed by atoms with van der Waals surface area (Å²) in [5, 5.41) is 3.25. The van der Waals surface area contributed by atoms with Gasteiger partial charge in [0.15, 0.2) is 5.96 Å². The van der Waals surface area contributed by atoms with E-state index >= 15 is 0 Å². The van der Waals surface area contributed by atoms with Crippen molar-refractivity contribution < 1.29 is 17.9 Å². The van der Waals surface area contributed by atoms with Crippen molar-refractivity contribution in [2.24, 2.45) is 10.9 Å². The number of hydrogen-bond donors (Lipinski definition) is 1. The first-order chi connectivity index (χ1) is 11.5. The van der Waals surface area contributed by atoms with Gasteiger partial charge in [0, 0.05) is 32.7 Å². The molecule has 0 aliphatic carbocycles. The predicted octanol–water partition coefficient (Wildman–Crippen LogP) is 0.490. The Kier molecular flexibility index (Phi) is 9.43. The second kappa shape index (κ2) is 10.5. The van der Waals surface area contributed by atoms with Crippen molar-refractivity contribution in [2.75, 3.05) is 52.1 Å². The topological polar surface area (TPSA) is 91.3 Å². The highest BCUT2D eigenvalue weighted by atomic mass is 127. The third kappa shape index (κ3) is 6.24. The largest absolute Gasteiger partial charge is 0.469 e. The Hall–Kier alpha value is -0.620. The first-order valence-electron chi connectivity index (χ1n) is 8.57. The quantitative estimate of drug-likeness (QED) is 0.262. The molecule has 1 N–H and O–H groups in total. The average Bonchev–Trinajstić information content (AvgIpc) is 2.92. The number of piperidine rings is 1. The molecule has 25 heavy (non-hydrogen) atoms. The number of ether oxygens (including phenoxy) is 1. The highest BCUT2D eigenvalue weighted by molar-refractivity contribution is 14.0. The number of rotatable bonds is 5. The molecule has 8 nitrogen and oxygen atoms in total. The molecule has 2 fully saturated rings. The van der Waals surface area contributed by atoms with Crippen LogP contribution in [0.5, 0.6) is 0 Å². The van der Waals surface area contributed by atoms with Gasteiger partial charge in [0.05, 0.1) is 25.3 Å². The fourth-order valence-corrected chi connectivity index (χ4v) is 4.65. The van der Waals surface area contributed by atoms with Gasteiger partial charge in [0.2, 0.25) is 10.0 Å². The molecule has 2 saturated heterocycles. The molecule has 2 rings (SSSR count). The van der Waals surface area contributed by atoms with Gasteiger partial charge in [-0.3, -0.25) is 9.79 Å². The number of nitrogens with zero attached hydrogens (tertiary/aromatic N) is 3. The molecule has 0 radical (unpaired) electrons. The zero-order valence-corrected chi connectivity index (χ0v) is 18.1. The smallest absolute Gasteiger partial charge is 0.308 e. The number of nitrogens with one attached hydrogen (secondary N) is 1. The maximum absolute atomic E-state index is 11.8. The minimum atomic E-state index is -3.06. The SMILES string of the molecule is CCNC(=NCCN1CCCS1(=O)=O)N1CCC(C(=O)OC)CC1.I. The number of hydrogen-bond acceptors (Lipinski definition) is 5. The lowest BCUT2D eigenvalue weighted by atomic mass is 9.97. The molecule has 0 aromatic heterocycles. The van der Waals surface area contributed by atoms with Crippen LogP contribution in [0.25, 0.3) is 0 Å². The fourth-order valence-electron chi connectivity index (χ4n) is 3.13. The first-order valence-corrected chi connectivity index (χ1v) is 10.2. The van der Waals surface area contributed by atoms with Crippen LogP contribution < -0.4 is 5.32 Å². The number of methoxy groups -OCH3 is 1. The Morgan fingerprint density at radius 1 is 1.28 bits per heavy atom. The maximum Gasteiger partial charge on any atom is 0.308 e. The molecule has 0 amide bonds. The zero-order chi connectivity index (χ0) is 17.6. The van der Waals surface area contributed by atoms with Gasteiger partial charge in [-0.25, -0.2) is 12.7 Å². The highest BCUT2D eigenvalue weighted by Crippen LogP contribution is 2.18. The van der Waals surface area contributed by atoms with E-state index in [1.54, 1.807) is 0 Å². The first kappa shape index (κ1) is 22.4. The monoisotopic (exact) mass is 488 g/mol. The third-order valence-corrected chi connectivity index (χ3v) is 6.43. The molecule has 10 heteroatoms. The van der Waals surface area contributed by atoms with Crippen molar-refractivity contribution in [3.05, 3.63) is 0 Å². The van der Waals surface area contributed by atoms with Gasteiger partial charge in [0.1, 0.15) is 0 Å². The Balaban J connectivity index is 0.00000312. The third-order valence-electron chi connectivity index (χ3n) is 4.48. The number of likely N-dealkylation sites (tertiary alicyclic amines) is 1. The second-order valence-corrected chi connectivity index (χ2v) is 8.18. The van der Waals surface area contributed by atoms with Crippen LogP contribution in [-0.2, 0) is 19.6 Å². The molecule has 2 heterocycles. The Labute approximate surface area is 167 Å². The van der Waals surface area contributed by atoms with E-state index in [2.05, 4.69) is 15.2 Å². The van der Waals surface area contributed by atoms with Gasteiger partial charge in [-0.2, -0.15) is 0 Å². The van der Waals surface area contributed by atoms with E-state index in [4.69, 9.17) is 4.74 Å². The second-order valence-electron chi connectivity index (χ2n) is 6.09. The molecule has 0 aromatic rings. The highest BCUT2D eigenvalue weighted by Gasteiger charge is 2.28. The fraction of sp³-hybridized carbons (Fsp3) is 0.867. The molecule has 2 aliphatic rings. The Bertz CT molecular complexity index is 562. The summed E-state index contributed by atoms with van der Waals surface area (Å²) in [5.41, 5.74) is 0. The van der Waals surface area contributed by atoms with Crippen LogP contribution in [0.3, 0.4) is 0 Å². The summed E-state index contributed by atoms with van der Waals surface area (Å²) < 4.78 is 29.9. The van der Waals surface area contributed by atoms with Crippen molar-refractivity contribution in [2.45, 2.75) is 26.2 Å². The van der Waals surface area contributed by atoms with Crippen LogP contribution in [0.1, 0.15) is 26.2 Å². The van der Waals surface area contributed by atoms with Gasteiger partial charge >= 0.3 is 5.97 Å². The maximum atomic E-state index is 11.8. The molecule has 2 aliphatic heterocycles. The van der Waals surface area contributed by atoms with E-state index in [0.29, 0.717) is 26.1 Å². The zero-order valence-electron chi connectivity index (χ0n) is 14.9. The number of sulfonamides is 1. The van der Waals surface area contributed by atoms with Crippen molar-refractivity contribution in [1.82, 2.24) is 14.5 Å². The van der Waals surface area contributed by atoms with E-state index in [1.165, 1.54) is 11.4 Å². The summed E-state index contributed by atoms with van der Waals surface area (Å²) in [7, 11) is -1.64. The predicted molar refractivity (Wildman–Crippen MR) is 108 cm³/mol. The standard InChI is InChI=1S/C15H28N4O4S.HI/c1-3-16-15(17-7-11-19-8-4-12-24(19,21)22)18-9-5-13(6-10-18)14(20)23-2;/h13H,3-12H2,1-2H3,(H,16,17);1H. The van der Waals surface area contributed by atoms with E-state index in [0.717, 1.165) is 38.4 Å². The Morgan fingerprint density at radius 3 is 2.48 bits per heavy atom. The van der Waals surface area contributed by atoms with Gasteiger partial charge in [0.25, 0.3) is 0 Å². The number of halogens is 1. The molecule has 146 valence electrons. The van der Waals surface area contributed by atoms with Crippen LogP contribution >= 0.6 is 24.0 Å². The lowest BCUT2D eigenvalue weighted by Crippen LogP contribution is -2.47. The molecule has 0 bridgehead atoms. The number of guanidine groups is 1. The number of carbonyl (C=O) groups excluding carboxylic acids is 1. The number of aliphatic imine (C=N–C) groups is 1. The minimum Gasteiger partial charge on any atom is -0.469 e. The molecular weight excluding hydrogens is 459 g/mol. The summed E-state index contributed by atoms with van der Waals surface area (Å²) >= 11 is 0. The number of esters is 1. The van der Waals surface area contributed by atoms with E-state index < -0.39 is 10.0 Å². The van der Waals surface area contributed by atoms with E-state index in [-0.39, 0.29) is 41.6 Å². The molecule has 0 saturated carbocycles. The Morgan fingerprint density at radius 2 is 1.96 bits per heavy atom. The lowest BCUT2D eigenvalue weighted by molar-refractivity contribution is -0.146. The summed E-state index contributed by atoms with van der Waals surface area (Å²) in [4.78, 5) is 18.3. The van der Waals surface area contributed by atoms with Crippen LogP contribution in [0.4, 0.5) is 0 Å². The van der Waals surface area contributed by atoms with Crippen molar-refractivity contribution in [3.63, 3.8) is 0 Å². The minimum absolute atomic E-state index is 0. The number of carbonyl (C=O) groups is 1. The normalized spacial score (nSPS) is 21.7. The van der Waals surface area contributed by atoms with E-state index in [1.807, 2.05) is 6.92 Å². The molecule has 0 unspecified atom stereocenters. The molecule has 0 aromatic carbocycles. The van der Waals surface area contributed by atoms with Crippen molar-refractivity contribution in [1.29, 1.82) is 0 Å². The molecule has 0 spiro atoms. The van der Waals surface area contributed by atoms with Crippen molar-refractivity contribution in [3.8, 4) is 0 Å². The van der Waals surface area contributed by atoms with Crippen LogP contribution in [0, 0.1) is 5.92 Å². The van der Waals surface area contributed by atoms with Gasteiger partial charge < -0.3 is 15.0 Å².